The summed E-state index contributed by atoms with van der Waals surface area (Å²) in [5.74, 6) is -0.230. The zero-order chi connectivity index (χ0) is 21.2. The van der Waals surface area contributed by atoms with Gasteiger partial charge in [0.2, 0.25) is 0 Å². The van der Waals surface area contributed by atoms with Gasteiger partial charge in [-0.3, -0.25) is 14.9 Å². The molecule has 0 N–H and O–H groups in total. The molecule has 154 valence electrons. The van der Waals surface area contributed by atoms with E-state index in [0.717, 1.165) is 0 Å². The largest absolute Gasteiger partial charge is 0.490 e. The number of nitrogens with zero attached hydrogens (tertiary/aromatic N) is 3. The van der Waals surface area contributed by atoms with Crippen LogP contribution in [0.3, 0.4) is 0 Å². The van der Waals surface area contributed by atoms with Crippen LogP contribution in [0.4, 0.5) is 10.5 Å². The summed E-state index contributed by atoms with van der Waals surface area (Å²) in [6.45, 7) is 9.73. The first kappa shape index (κ1) is 21.5. The van der Waals surface area contributed by atoms with Gasteiger partial charge < -0.3 is 19.3 Å². The van der Waals surface area contributed by atoms with E-state index < -0.39 is 16.6 Å². The van der Waals surface area contributed by atoms with Crippen molar-refractivity contribution < 1.29 is 24.0 Å². The van der Waals surface area contributed by atoms with Gasteiger partial charge in [-0.15, -0.1) is 0 Å². The molecular formula is C19H27N3O6. The van der Waals surface area contributed by atoms with Crippen molar-refractivity contribution in [2.45, 2.75) is 52.3 Å². The van der Waals surface area contributed by atoms with E-state index in [1.54, 1.807) is 30.6 Å². The number of carbonyl (C=O) groups excluding carboxylic acids is 2. The molecule has 1 aromatic rings. The average molecular weight is 393 g/mol. The van der Waals surface area contributed by atoms with Crippen molar-refractivity contribution in [2.75, 3.05) is 20.2 Å². The third-order valence-corrected chi connectivity index (χ3v) is 4.77. The Morgan fingerprint density at radius 1 is 1.14 bits per heavy atom. The van der Waals surface area contributed by atoms with Crippen LogP contribution in [0.25, 0.3) is 0 Å². The van der Waals surface area contributed by atoms with Gasteiger partial charge in [0.15, 0.2) is 5.75 Å². The molecule has 0 aromatic heterocycles. The second kappa shape index (κ2) is 8.04. The Balaban J connectivity index is 2.19. The van der Waals surface area contributed by atoms with Crippen LogP contribution in [0.2, 0.25) is 0 Å². The molecule has 28 heavy (non-hydrogen) atoms. The lowest BCUT2D eigenvalue weighted by Gasteiger charge is -2.45. The van der Waals surface area contributed by atoms with Crippen LogP contribution in [0.15, 0.2) is 18.2 Å². The second-order valence-corrected chi connectivity index (χ2v) is 7.80. The third-order valence-electron chi connectivity index (χ3n) is 4.77. The van der Waals surface area contributed by atoms with E-state index in [1.807, 2.05) is 13.8 Å². The van der Waals surface area contributed by atoms with Gasteiger partial charge in [-0.05, 0) is 46.8 Å². The molecular weight excluding hydrogens is 366 g/mol. The number of rotatable bonds is 3. The summed E-state index contributed by atoms with van der Waals surface area (Å²) in [5.41, 5.74) is -0.659. The minimum absolute atomic E-state index is 0.0951. The lowest BCUT2D eigenvalue weighted by molar-refractivity contribution is -0.385. The number of ether oxygens (including phenoxy) is 2. The SMILES string of the molecule is COc1ccc(C(=O)N2CCN(C(=O)OC(C)(C)C)[C@H](C)[C@H]2C)cc1[N+](=O)[O-]. The van der Waals surface area contributed by atoms with Crippen molar-refractivity contribution in [1.82, 2.24) is 9.80 Å². The van der Waals surface area contributed by atoms with E-state index in [4.69, 9.17) is 9.47 Å². The smallest absolute Gasteiger partial charge is 0.410 e. The van der Waals surface area contributed by atoms with E-state index in [0.29, 0.717) is 13.1 Å². The first-order chi connectivity index (χ1) is 13.0. The topological polar surface area (TPSA) is 102 Å². The van der Waals surface area contributed by atoms with Crippen molar-refractivity contribution in [1.29, 1.82) is 0 Å². The molecule has 0 unspecified atom stereocenters. The monoisotopic (exact) mass is 393 g/mol. The molecule has 0 aliphatic carbocycles. The van der Waals surface area contributed by atoms with E-state index in [1.165, 1.54) is 25.3 Å². The number of amides is 2. The predicted molar refractivity (Wildman–Crippen MR) is 103 cm³/mol. The quantitative estimate of drug-likeness (QED) is 0.578. The highest BCUT2D eigenvalue weighted by molar-refractivity contribution is 5.95. The Labute approximate surface area is 164 Å². The van der Waals surface area contributed by atoms with Crippen molar-refractivity contribution in [3.05, 3.63) is 33.9 Å². The van der Waals surface area contributed by atoms with Crippen LogP contribution in [0.5, 0.6) is 5.75 Å². The number of hydrogen-bond acceptors (Lipinski definition) is 6. The van der Waals surface area contributed by atoms with Crippen LogP contribution >= 0.6 is 0 Å². The summed E-state index contributed by atoms with van der Waals surface area (Å²) in [6, 6.07) is 3.59. The molecule has 1 fully saturated rings. The molecule has 2 atom stereocenters. The van der Waals surface area contributed by atoms with E-state index in [2.05, 4.69) is 0 Å². The van der Waals surface area contributed by atoms with Gasteiger partial charge in [-0.2, -0.15) is 0 Å². The minimum atomic E-state index is -0.602. The number of hydrogen-bond donors (Lipinski definition) is 0. The van der Waals surface area contributed by atoms with E-state index >= 15 is 0 Å². The Bertz CT molecular complexity index is 773. The number of nitro benzene ring substituents is 1. The molecule has 0 radical (unpaired) electrons. The number of carbonyl (C=O) groups is 2. The zero-order valence-corrected chi connectivity index (χ0v) is 17.1. The minimum Gasteiger partial charge on any atom is -0.490 e. The van der Waals surface area contributed by atoms with Crippen molar-refractivity contribution in [3.8, 4) is 5.75 Å². The lowest BCUT2D eigenvalue weighted by atomic mass is 10.0. The Kier molecular flexibility index (Phi) is 6.16. The molecule has 1 aromatic carbocycles. The fraction of sp³-hybridized carbons (Fsp3) is 0.579. The van der Waals surface area contributed by atoms with E-state index in [9.17, 15) is 19.7 Å². The van der Waals surface area contributed by atoms with Gasteiger partial charge in [0, 0.05) is 30.8 Å². The summed E-state index contributed by atoms with van der Waals surface area (Å²) in [6.07, 6.45) is -0.418. The number of nitro groups is 1. The zero-order valence-electron chi connectivity index (χ0n) is 17.1. The van der Waals surface area contributed by atoms with Crippen LogP contribution in [-0.2, 0) is 4.74 Å². The molecule has 1 aliphatic rings. The maximum absolute atomic E-state index is 13.0. The Hall–Kier alpha value is -2.84. The molecule has 1 aliphatic heterocycles. The summed E-state index contributed by atoms with van der Waals surface area (Å²) in [7, 11) is 1.34. The molecule has 2 rings (SSSR count). The normalized spacial score (nSPS) is 19.9. The van der Waals surface area contributed by atoms with Gasteiger partial charge in [0.1, 0.15) is 5.60 Å². The lowest BCUT2D eigenvalue weighted by Crippen LogP contribution is -2.60. The molecule has 2 amide bonds. The second-order valence-electron chi connectivity index (χ2n) is 7.80. The predicted octanol–water partition coefficient (Wildman–Crippen LogP) is 3.07. The Morgan fingerprint density at radius 3 is 2.25 bits per heavy atom. The molecule has 1 saturated heterocycles. The average Bonchev–Trinajstić information content (AvgIpc) is 2.61. The number of methoxy groups -OCH3 is 1. The molecule has 9 nitrogen and oxygen atoms in total. The van der Waals surface area contributed by atoms with E-state index in [-0.39, 0.29) is 35.0 Å². The third kappa shape index (κ3) is 4.52. The molecule has 0 spiro atoms. The van der Waals surface area contributed by atoms with Gasteiger partial charge >= 0.3 is 11.8 Å². The fourth-order valence-electron chi connectivity index (χ4n) is 3.14. The maximum Gasteiger partial charge on any atom is 0.410 e. The van der Waals surface area contributed by atoms with Crippen LogP contribution in [0, 0.1) is 10.1 Å². The summed E-state index contributed by atoms with van der Waals surface area (Å²) in [4.78, 5) is 39.3. The van der Waals surface area contributed by atoms with Gasteiger partial charge in [-0.25, -0.2) is 4.79 Å². The van der Waals surface area contributed by atoms with Gasteiger partial charge in [0.05, 0.1) is 18.1 Å². The number of benzene rings is 1. The molecule has 9 heteroatoms. The highest BCUT2D eigenvalue weighted by Gasteiger charge is 2.38. The van der Waals surface area contributed by atoms with Crippen LogP contribution in [0.1, 0.15) is 45.0 Å². The van der Waals surface area contributed by atoms with Crippen molar-refractivity contribution >= 4 is 17.7 Å². The number of piperazine rings is 1. The Morgan fingerprint density at radius 2 is 1.71 bits per heavy atom. The first-order valence-electron chi connectivity index (χ1n) is 9.09. The fourth-order valence-corrected chi connectivity index (χ4v) is 3.14. The van der Waals surface area contributed by atoms with Crippen molar-refractivity contribution in [3.63, 3.8) is 0 Å². The highest BCUT2D eigenvalue weighted by Crippen LogP contribution is 2.29. The first-order valence-corrected chi connectivity index (χ1v) is 9.09. The van der Waals surface area contributed by atoms with Crippen molar-refractivity contribution in [2.24, 2.45) is 0 Å². The summed E-state index contributed by atoms with van der Waals surface area (Å²) >= 11 is 0. The maximum atomic E-state index is 13.0. The molecule has 0 bridgehead atoms. The molecule has 0 saturated carbocycles. The van der Waals surface area contributed by atoms with Gasteiger partial charge in [0.25, 0.3) is 5.91 Å². The molecule has 1 heterocycles. The highest BCUT2D eigenvalue weighted by atomic mass is 16.6. The summed E-state index contributed by atoms with van der Waals surface area (Å²) in [5, 5.41) is 11.2. The van der Waals surface area contributed by atoms with Gasteiger partial charge in [-0.1, -0.05) is 0 Å². The summed E-state index contributed by atoms with van der Waals surface area (Å²) < 4.78 is 10.4. The standard InChI is InChI=1S/C19H27N3O6/c1-12-13(2)21(18(24)28-19(3,4)5)10-9-20(12)17(23)14-7-8-16(27-6)15(11-14)22(25)26/h7-8,11-13H,9-10H2,1-6H3/t12-,13-/m1/s1. The van der Waals surface area contributed by atoms with Crippen LogP contribution < -0.4 is 4.74 Å². The van der Waals surface area contributed by atoms with Crippen LogP contribution in [-0.4, -0.2) is 64.6 Å².